The first-order valence-electron chi connectivity index (χ1n) is 8.92. The van der Waals surface area contributed by atoms with Crippen molar-refractivity contribution in [3.05, 3.63) is 66.1 Å². The Bertz CT molecular complexity index is 859. The number of anilines is 2. The molecule has 146 valence electrons. The highest BCUT2D eigenvalue weighted by Crippen LogP contribution is 2.16. The molecule has 8 heteroatoms. The molecule has 0 atom stereocenters. The molecule has 0 spiro atoms. The summed E-state index contributed by atoms with van der Waals surface area (Å²) in [6.45, 7) is 1.65. The van der Waals surface area contributed by atoms with Gasteiger partial charge >= 0.3 is 0 Å². The Morgan fingerprint density at radius 1 is 0.929 bits per heavy atom. The third kappa shape index (κ3) is 6.08. The quantitative estimate of drug-likeness (QED) is 0.521. The summed E-state index contributed by atoms with van der Waals surface area (Å²) in [5, 5.41) is 14.2. The van der Waals surface area contributed by atoms with E-state index in [2.05, 4.69) is 25.8 Å². The molecule has 1 aromatic heterocycles. The van der Waals surface area contributed by atoms with Crippen LogP contribution in [0.2, 0.25) is 0 Å². The van der Waals surface area contributed by atoms with Gasteiger partial charge in [0.2, 0.25) is 5.95 Å². The molecule has 7 nitrogen and oxygen atoms in total. The molecule has 1 heterocycles. The molecule has 0 aliphatic rings. The number of hydrogen-bond acceptors (Lipinski definition) is 7. The van der Waals surface area contributed by atoms with Crippen LogP contribution in [0.3, 0.4) is 0 Å². The Hall–Kier alpha value is -3.42. The van der Waals surface area contributed by atoms with Crippen LogP contribution in [-0.4, -0.2) is 42.0 Å². The number of halogens is 1. The van der Waals surface area contributed by atoms with Gasteiger partial charge in [0, 0.05) is 6.54 Å². The largest absolute Gasteiger partial charge is 0.497 e. The Kier molecular flexibility index (Phi) is 6.95. The summed E-state index contributed by atoms with van der Waals surface area (Å²) >= 11 is 0. The minimum absolute atomic E-state index is 0.233. The number of nitrogens with zero attached hydrogens (tertiary/aromatic N) is 3. The molecule has 0 fully saturated rings. The third-order valence-electron chi connectivity index (χ3n) is 3.91. The first kappa shape index (κ1) is 19.3. The summed E-state index contributed by atoms with van der Waals surface area (Å²) in [7, 11) is 1.62. The first-order valence-corrected chi connectivity index (χ1v) is 8.92. The standard InChI is InChI=1S/C20H22FN5O2/c1-27-17-6-8-18(9-7-17)28-13-12-23-20-25-19(14-24-26-20)22-11-10-15-2-4-16(21)5-3-15/h2-9,14H,10-13H2,1H3,(H2,22,23,25,26). The fourth-order valence-electron chi connectivity index (χ4n) is 2.45. The van der Waals surface area contributed by atoms with Crippen LogP contribution in [0.15, 0.2) is 54.7 Å². The van der Waals surface area contributed by atoms with Crippen LogP contribution < -0.4 is 20.1 Å². The fraction of sp³-hybridized carbons (Fsp3) is 0.250. The lowest BCUT2D eigenvalue weighted by Crippen LogP contribution is -2.15. The zero-order chi connectivity index (χ0) is 19.6. The summed E-state index contributed by atoms with van der Waals surface area (Å²) in [5.41, 5.74) is 1.05. The van der Waals surface area contributed by atoms with Crippen molar-refractivity contribution in [1.29, 1.82) is 0 Å². The Morgan fingerprint density at radius 3 is 2.43 bits per heavy atom. The second-order valence-electron chi connectivity index (χ2n) is 5.92. The highest BCUT2D eigenvalue weighted by atomic mass is 19.1. The molecule has 0 unspecified atom stereocenters. The van der Waals surface area contributed by atoms with Crippen LogP contribution in [0.5, 0.6) is 11.5 Å². The minimum Gasteiger partial charge on any atom is -0.497 e. The molecule has 0 saturated heterocycles. The molecule has 0 saturated carbocycles. The number of nitrogens with one attached hydrogen (secondary N) is 2. The second kappa shape index (κ2) is 10.1. The minimum atomic E-state index is -0.233. The average Bonchev–Trinajstić information content (AvgIpc) is 2.73. The molecule has 0 aliphatic heterocycles. The Labute approximate surface area is 162 Å². The zero-order valence-corrected chi connectivity index (χ0v) is 15.6. The van der Waals surface area contributed by atoms with Crippen LogP contribution in [0.1, 0.15) is 5.56 Å². The molecule has 0 radical (unpaired) electrons. The van der Waals surface area contributed by atoms with Crippen molar-refractivity contribution in [3.63, 3.8) is 0 Å². The SMILES string of the molecule is COc1ccc(OCCNc2nncc(NCCc3ccc(F)cc3)n2)cc1. The van der Waals surface area contributed by atoms with E-state index >= 15 is 0 Å². The van der Waals surface area contributed by atoms with Gasteiger partial charge in [0.15, 0.2) is 5.82 Å². The number of hydrogen-bond donors (Lipinski definition) is 2. The highest BCUT2D eigenvalue weighted by Gasteiger charge is 2.01. The lowest BCUT2D eigenvalue weighted by molar-refractivity contribution is 0.331. The van der Waals surface area contributed by atoms with Crippen molar-refractivity contribution in [2.75, 3.05) is 37.4 Å². The van der Waals surface area contributed by atoms with Gasteiger partial charge in [-0.1, -0.05) is 12.1 Å². The van der Waals surface area contributed by atoms with Gasteiger partial charge in [0.05, 0.1) is 19.9 Å². The fourth-order valence-corrected chi connectivity index (χ4v) is 2.45. The Balaban J connectivity index is 1.39. The number of benzene rings is 2. The van der Waals surface area contributed by atoms with Crippen LogP contribution in [0.25, 0.3) is 0 Å². The molecule has 0 bridgehead atoms. The smallest absolute Gasteiger partial charge is 0.244 e. The van der Waals surface area contributed by atoms with E-state index in [1.807, 2.05) is 24.3 Å². The lowest BCUT2D eigenvalue weighted by Gasteiger charge is -2.09. The van der Waals surface area contributed by atoms with Gasteiger partial charge in [-0.15, -0.1) is 5.10 Å². The zero-order valence-electron chi connectivity index (χ0n) is 15.6. The van der Waals surface area contributed by atoms with Crippen molar-refractivity contribution < 1.29 is 13.9 Å². The number of aromatic nitrogens is 3. The van der Waals surface area contributed by atoms with Gasteiger partial charge in [-0.05, 0) is 48.4 Å². The van der Waals surface area contributed by atoms with Gasteiger partial charge in [-0.3, -0.25) is 0 Å². The predicted octanol–water partition coefficient (Wildman–Crippen LogP) is 3.16. The van der Waals surface area contributed by atoms with E-state index in [1.165, 1.54) is 12.1 Å². The van der Waals surface area contributed by atoms with E-state index in [0.29, 0.717) is 31.5 Å². The average molecular weight is 383 g/mol. The first-order chi connectivity index (χ1) is 13.7. The van der Waals surface area contributed by atoms with E-state index in [4.69, 9.17) is 9.47 Å². The van der Waals surface area contributed by atoms with Gasteiger partial charge < -0.3 is 20.1 Å². The normalized spacial score (nSPS) is 10.4. The maximum absolute atomic E-state index is 12.9. The second-order valence-corrected chi connectivity index (χ2v) is 5.92. The number of methoxy groups -OCH3 is 1. The molecule has 2 aromatic carbocycles. The summed E-state index contributed by atoms with van der Waals surface area (Å²) in [6.07, 6.45) is 2.31. The molecule has 0 amide bonds. The summed E-state index contributed by atoms with van der Waals surface area (Å²) < 4.78 is 23.7. The van der Waals surface area contributed by atoms with Crippen LogP contribution in [0, 0.1) is 5.82 Å². The van der Waals surface area contributed by atoms with Gasteiger partial charge in [-0.2, -0.15) is 10.1 Å². The van der Waals surface area contributed by atoms with Gasteiger partial charge in [0.1, 0.15) is 23.9 Å². The highest BCUT2D eigenvalue weighted by molar-refractivity contribution is 5.37. The summed E-state index contributed by atoms with van der Waals surface area (Å²) in [5.74, 6) is 2.36. The van der Waals surface area contributed by atoms with E-state index in [1.54, 1.807) is 25.4 Å². The van der Waals surface area contributed by atoms with Crippen LogP contribution in [-0.2, 0) is 6.42 Å². The molecule has 0 aliphatic carbocycles. The molecular weight excluding hydrogens is 361 g/mol. The van der Waals surface area contributed by atoms with Gasteiger partial charge in [-0.25, -0.2) is 4.39 Å². The monoisotopic (exact) mass is 383 g/mol. The van der Waals surface area contributed by atoms with Crippen LogP contribution in [0.4, 0.5) is 16.2 Å². The van der Waals surface area contributed by atoms with E-state index < -0.39 is 0 Å². The number of rotatable bonds is 10. The van der Waals surface area contributed by atoms with Crippen molar-refractivity contribution in [1.82, 2.24) is 15.2 Å². The van der Waals surface area contributed by atoms with Gasteiger partial charge in [0.25, 0.3) is 0 Å². The molecule has 3 rings (SSSR count). The summed E-state index contributed by atoms with van der Waals surface area (Å²) in [4.78, 5) is 4.36. The molecule has 28 heavy (non-hydrogen) atoms. The van der Waals surface area contributed by atoms with Crippen LogP contribution >= 0.6 is 0 Å². The van der Waals surface area contributed by atoms with Crippen molar-refractivity contribution in [2.45, 2.75) is 6.42 Å². The maximum Gasteiger partial charge on any atom is 0.244 e. The molecule has 3 aromatic rings. The van der Waals surface area contributed by atoms with Crippen molar-refractivity contribution in [3.8, 4) is 11.5 Å². The predicted molar refractivity (Wildman–Crippen MR) is 105 cm³/mol. The molecular formula is C20H22FN5O2. The van der Waals surface area contributed by atoms with E-state index in [-0.39, 0.29) is 5.82 Å². The van der Waals surface area contributed by atoms with Crippen molar-refractivity contribution >= 4 is 11.8 Å². The van der Waals surface area contributed by atoms with Crippen molar-refractivity contribution in [2.24, 2.45) is 0 Å². The molecule has 2 N–H and O–H groups in total. The maximum atomic E-state index is 12.9. The summed E-state index contributed by atoms with van der Waals surface area (Å²) in [6, 6.07) is 13.8. The lowest BCUT2D eigenvalue weighted by atomic mass is 10.1. The topological polar surface area (TPSA) is 81.2 Å². The Morgan fingerprint density at radius 2 is 1.68 bits per heavy atom. The third-order valence-corrected chi connectivity index (χ3v) is 3.91. The van der Waals surface area contributed by atoms with E-state index in [0.717, 1.165) is 23.5 Å². The number of ether oxygens (including phenoxy) is 2. The van der Waals surface area contributed by atoms with E-state index in [9.17, 15) is 4.39 Å².